The zero-order valence-electron chi connectivity index (χ0n) is 14.5. The molecule has 0 aliphatic carbocycles. The van der Waals surface area contributed by atoms with Gasteiger partial charge in [0.15, 0.2) is 0 Å². The van der Waals surface area contributed by atoms with Crippen LogP contribution in [-0.2, 0) is 16.2 Å². The predicted octanol–water partition coefficient (Wildman–Crippen LogP) is 2.82. The first-order valence-electron chi connectivity index (χ1n) is 8.26. The van der Waals surface area contributed by atoms with Gasteiger partial charge in [0.25, 0.3) is 0 Å². The maximum Gasteiger partial charge on any atom is 0.417 e. The first-order chi connectivity index (χ1) is 12.0. The second-order valence-corrected chi connectivity index (χ2v) is 8.67. The van der Waals surface area contributed by atoms with Crippen LogP contribution < -0.4 is 0 Å². The molecular formula is C16H22ClF3N2O3S. The van der Waals surface area contributed by atoms with Gasteiger partial charge in [-0.2, -0.15) is 17.5 Å². The molecule has 1 saturated heterocycles. The van der Waals surface area contributed by atoms with Crippen LogP contribution in [0.5, 0.6) is 0 Å². The molecule has 0 spiro atoms. The number of aliphatic hydroxyl groups excluding tert-OH is 1. The van der Waals surface area contributed by atoms with Gasteiger partial charge in [-0.05, 0) is 25.5 Å². The first kappa shape index (κ1) is 21.4. The molecule has 2 rings (SSSR count). The third-order valence-electron chi connectivity index (χ3n) is 4.41. The van der Waals surface area contributed by atoms with E-state index in [0.29, 0.717) is 19.5 Å². The minimum atomic E-state index is -4.83. The Bertz CT molecular complexity index is 741. The lowest BCUT2D eigenvalue weighted by Crippen LogP contribution is -2.55. The van der Waals surface area contributed by atoms with E-state index in [2.05, 4.69) is 0 Å². The molecule has 1 aromatic rings. The Kier molecular flexibility index (Phi) is 6.61. The zero-order valence-corrected chi connectivity index (χ0v) is 16.1. The number of sulfonamides is 1. The Morgan fingerprint density at radius 2 is 2.00 bits per heavy atom. The second kappa shape index (κ2) is 8.02. The lowest BCUT2D eigenvalue weighted by atomic mass is 10.1. The number of nitrogens with zero attached hydrogens (tertiary/aromatic N) is 2. The highest BCUT2D eigenvalue weighted by molar-refractivity contribution is 7.89. The maximum atomic E-state index is 13.3. The fourth-order valence-electron chi connectivity index (χ4n) is 3.17. The van der Waals surface area contributed by atoms with E-state index in [-0.39, 0.29) is 19.1 Å². The first-order valence-corrected chi connectivity index (χ1v) is 10.1. The van der Waals surface area contributed by atoms with Crippen molar-refractivity contribution in [2.75, 3.05) is 26.2 Å². The van der Waals surface area contributed by atoms with Gasteiger partial charge in [0.05, 0.1) is 16.7 Å². The fraction of sp³-hybridized carbons (Fsp3) is 0.625. The molecule has 0 radical (unpaired) electrons. The van der Waals surface area contributed by atoms with Crippen molar-refractivity contribution in [2.45, 2.75) is 43.5 Å². The fourth-order valence-corrected chi connectivity index (χ4v) is 5.36. The van der Waals surface area contributed by atoms with Crippen LogP contribution in [0, 0.1) is 0 Å². The van der Waals surface area contributed by atoms with Crippen molar-refractivity contribution in [3.05, 3.63) is 28.8 Å². The van der Waals surface area contributed by atoms with E-state index in [1.165, 1.54) is 0 Å². The summed E-state index contributed by atoms with van der Waals surface area (Å²) in [5, 5.41) is 9.12. The second-order valence-electron chi connectivity index (χ2n) is 6.38. The maximum absolute atomic E-state index is 13.3. The van der Waals surface area contributed by atoms with Gasteiger partial charge in [-0.1, -0.05) is 24.6 Å². The molecule has 1 fully saturated rings. The van der Waals surface area contributed by atoms with E-state index in [9.17, 15) is 26.7 Å². The number of halogens is 4. The molecule has 2 atom stereocenters. The molecule has 148 valence electrons. The van der Waals surface area contributed by atoms with E-state index >= 15 is 0 Å². The molecule has 0 amide bonds. The summed E-state index contributed by atoms with van der Waals surface area (Å²) in [6.45, 7) is 4.30. The van der Waals surface area contributed by atoms with Crippen molar-refractivity contribution in [3.63, 3.8) is 0 Å². The molecule has 0 aromatic heterocycles. The molecular weight excluding hydrogens is 393 g/mol. The van der Waals surface area contributed by atoms with E-state index in [4.69, 9.17) is 11.6 Å². The smallest absolute Gasteiger partial charge is 0.392 e. The van der Waals surface area contributed by atoms with E-state index in [1.807, 2.05) is 11.8 Å². The lowest BCUT2D eigenvalue weighted by molar-refractivity contribution is -0.139. The van der Waals surface area contributed by atoms with Crippen LogP contribution in [-0.4, -0.2) is 61.1 Å². The minimum absolute atomic E-state index is 0.0358. The van der Waals surface area contributed by atoms with Crippen LogP contribution in [0.2, 0.25) is 5.02 Å². The number of alkyl halides is 3. The quantitative estimate of drug-likeness (QED) is 0.804. The van der Waals surface area contributed by atoms with Crippen LogP contribution in [0.15, 0.2) is 23.1 Å². The Morgan fingerprint density at radius 1 is 1.35 bits per heavy atom. The molecule has 26 heavy (non-hydrogen) atoms. The normalized spacial score (nSPS) is 21.7. The number of β-amino-alcohol motifs (C(OH)–C–C–N with tert-alkyl or cyclic N) is 1. The summed E-state index contributed by atoms with van der Waals surface area (Å²) in [5.41, 5.74) is -1.26. The van der Waals surface area contributed by atoms with Crippen molar-refractivity contribution in [2.24, 2.45) is 0 Å². The summed E-state index contributed by atoms with van der Waals surface area (Å²) in [6.07, 6.45) is -4.80. The van der Waals surface area contributed by atoms with Gasteiger partial charge in [-0.15, -0.1) is 0 Å². The Hall–Kier alpha value is -0.870. The Balaban J connectivity index is 2.38. The van der Waals surface area contributed by atoms with Crippen LogP contribution in [0.25, 0.3) is 0 Å². The summed E-state index contributed by atoms with van der Waals surface area (Å²) in [7, 11) is -4.41. The average molecular weight is 415 g/mol. The SMILES string of the molecule is CC[C@@H]1CN(S(=O)(=O)c2c(Cl)cccc2C(F)(F)F)CCN1C[C@H](C)O. The summed E-state index contributed by atoms with van der Waals surface area (Å²) in [5.74, 6) is 0. The van der Waals surface area contributed by atoms with Gasteiger partial charge in [0.2, 0.25) is 10.0 Å². The highest BCUT2D eigenvalue weighted by Crippen LogP contribution is 2.39. The predicted molar refractivity (Wildman–Crippen MR) is 92.5 cm³/mol. The molecule has 0 unspecified atom stereocenters. The van der Waals surface area contributed by atoms with Crippen molar-refractivity contribution in [1.29, 1.82) is 0 Å². The van der Waals surface area contributed by atoms with Gasteiger partial charge in [0.1, 0.15) is 4.90 Å². The van der Waals surface area contributed by atoms with Gasteiger partial charge >= 0.3 is 6.18 Å². The van der Waals surface area contributed by atoms with Crippen LogP contribution >= 0.6 is 11.6 Å². The molecule has 5 nitrogen and oxygen atoms in total. The van der Waals surface area contributed by atoms with Crippen LogP contribution in [0.1, 0.15) is 25.8 Å². The average Bonchev–Trinajstić information content (AvgIpc) is 2.53. The standard InChI is InChI=1S/C16H22ClF3N2O3S/c1-3-12-10-22(8-7-21(12)9-11(2)23)26(24,25)15-13(16(18,19)20)5-4-6-14(15)17/h4-6,11-12,23H,3,7-10H2,1-2H3/t11-,12+/m0/s1. The van der Waals surface area contributed by atoms with Crippen LogP contribution in [0.3, 0.4) is 0 Å². The third-order valence-corrected chi connectivity index (χ3v) is 6.80. The van der Waals surface area contributed by atoms with Crippen molar-refractivity contribution >= 4 is 21.6 Å². The number of hydrogen-bond donors (Lipinski definition) is 1. The topological polar surface area (TPSA) is 60.9 Å². The van der Waals surface area contributed by atoms with Crippen LogP contribution in [0.4, 0.5) is 13.2 Å². The van der Waals surface area contributed by atoms with E-state index < -0.39 is 37.8 Å². The minimum Gasteiger partial charge on any atom is -0.392 e. The number of rotatable bonds is 5. The highest BCUT2D eigenvalue weighted by Gasteiger charge is 2.42. The zero-order chi connectivity index (χ0) is 19.7. The van der Waals surface area contributed by atoms with Gasteiger partial charge < -0.3 is 5.11 Å². The number of benzene rings is 1. The molecule has 1 N–H and O–H groups in total. The van der Waals surface area contributed by atoms with Crippen molar-refractivity contribution in [3.8, 4) is 0 Å². The van der Waals surface area contributed by atoms with E-state index in [1.54, 1.807) is 6.92 Å². The molecule has 1 aromatic carbocycles. The molecule has 0 saturated carbocycles. The Morgan fingerprint density at radius 3 is 2.54 bits per heavy atom. The number of hydrogen-bond acceptors (Lipinski definition) is 4. The number of aliphatic hydroxyl groups is 1. The number of piperazine rings is 1. The third kappa shape index (κ3) is 4.51. The molecule has 1 aliphatic rings. The molecule has 10 heteroatoms. The largest absolute Gasteiger partial charge is 0.417 e. The molecule has 0 bridgehead atoms. The van der Waals surface area contributed by atoms with Crippen molar-refractivity contribution < 1.29 is 26.7 Å². The molecule has 1 aliphatic heterocycles. The van der Waals surface area contributed by atoms with E-state index in [0.717, 1.165) is 22.5 Å². The Labute approximate surface area is 156 Å². The lowest BCUT2D eigenvalue weighted by Gasteiger charge is -2.41. The monoisotopic (exact) mass is 414 g/mol. The van der Waals surface area contributed by atoms with Gasteiger partial charge in [-0.3, -0.25) is 4.90 Å². The van der Waals surface area contributed by atoms with Gasteiger partial charge in [-0.25, -0.2) is 8.42 Å². The summed E-state index contributed by atoms with van der Waals surface area (Å²) in [4.78, 5) is 1.06. The summed E-state index contributed by atoms with van der Waals surface area (Å²) >= 11 is 5.86. The van der Waals surface area contributed by atoms with Crippen molar-refractivity contribution in [1.82, 2.24) is 9.21 Å². The highest BCUT2D eigenvalue weighted by atomic mass is 35.5. The summed E-state index contributed by atoms with van der Waals surface area (Å²) in [6, 6.07) is 2.76. The van der Waals surface area contributed by atoms with Gasteiger partial charge in [0, 0.05) is 32.2 Å². The molecule has 1 heterocycles. The summed E-state index contributed by atoms with van der Waals surface area (Å²) < 4.78 is 66.8.